The van der Waals surface area contributed by atoms with Crippen LogP contribution in [0.1, 0.15) is 79.0 Å². The summed E-state index contributed by atoms with van der Waals surface area (Å²) in [5, 5.41) is 7.30. The Morgan fingerprint density at radius 1 is 1.14 bits per heavy atom. The zero-order valence-corrected chi connectivity index (χ0v) is 16.9. The lowest BCUT2D eigenvalue weighted by molar-refractivity contribution is -0.133. The van der Waals surface area contributed by atoms with E-state index in [1.807, 2.05) is 29.2 Å². The average molecular weight is 396 g/mol. The van der Waals surface area contributed by atoms with E-state index in [0.29, 0.717) is 30.2 Å². The second kappa shape index (κ2) is 8.35. The molecule has 1 N–H and O–H groups in total. The zero-order valence-electron chi connectivity index (χ0n) is 16.9. The molecule has 2 amide bonds. The second-order valence-electron chi connectivity index (χ2n) is 8.20. The standard InChI is InChI=1S/C22H28N4O3/c1-16-23-21(25-29-16)22(12-4-2-5-13-22)24-20(28)18-10-8-17(9-11-18)15-26-14-6-3-7-19(26)27/h8-11H,2-7,12-15H2,1H3,(H,24,28). The van der Waals surface area contributed by atoms with Gasteiger partial charge in [0.25, 0.3) is 5.91 Å². The number of aromatic nitrogens is 2. The van der Waals surface area contributed by atoms with Crippen LogP contribution in [0.25, 0.3) is 0 Å². The maximum Gasteiger partial charge on any atom is 0.252 e. The first kappa shape index (κ1) is 19.6. The number of nitrogens with zero attached hydrogens (tertiary/aromatic N) is 3. The van der Waals surface area contributed by atoms with Crippen molar-refractivity contribution in [2.45, 2.75) is 70.4 Å². The van der Waals surface area contributed by atoms with E-state index in [1.54, 1.807) is 6.92 Å². The van der Waals surface area contributed by atoms with Gasteiger partial charge in [-0.2, -0.15) is 4.98 Å². The number of benzene rings is 1. The largest absolute Gasteiger partial charge is 0.340 e. The Morgan fingerprint density at radius 3 is 2.55 bits per heavy atom. The third-order valence-corrected chi connectivity index (χ3v) is 6.03. The van der Waals surface area contributed by atoms with E-state index in [9.17, 15) is 9.59 Å². The molecule has 0 spiro atoms. The lowest BCUT2D eigenvalue weighted by Gasteiger charge is -2.35. The predicted molar refractivity (Wildman–Crippen MR) is 107 cm³/mol. The first-order valence-corrected chi connectivity index (χ1v) is 10.6. The molecule has 1 aromatic heterocycles. The highest BCUT2D eigenvalue weighted by atomic mass is 16.5. The van der Waals surface area contributed by atoms with Gasteiger partial charge in [-0.25, -0.2) is 0 Å². The van der Waals surface area contributed by atoms with E-state index in [0.717, 1.165) is 57.1 Å². The minimum atomic E-state index is -0.564. The third kappa shape index (κ3) is 4.33. The van der Waals surface area contributed by atoms with Crippen molar-refractivity contribution in [1.29, 1.82) is 0 Å². The minimum Gasteiger partial charge on any atom is -0.340 e. The number of carbonyl (C=O) groups is 2. The van der Waals surface area contributed by atoms with E-state index < -0.39 is 5.54 Å². The average Bonchev–Trinajstić information content (AvgIpc) is 3.18. The zero-order chi connectivity index (χ0) is 20.3. The van der Waals surface area contributed by atoms with Gasteiger partial charge in [0.15, 0.2) is 5.82 Å². The Bertz CT molecular complexity index is 868. The fourth-order valence-electron chi connectivity index (χ4n) is 4.35. The molecule has 0 unspecified atom stereocenters. The molecule has 1 aromatic carbocycles. The van der Waals surface area contributed by atoms with Crippen molar-refractivity contribution in [1.82, 2.24) is 20.4 Å². The van der Waals surface area contributed by atoms with Gasteiger partial charge in [-0.15, -0.1) is 0 Å². The van der Waals surface area contributed by atoms with Crippen LogP contribution in [0.15, 0.2) is 28.8 Å². The lowest BCUT2D eigenvalue weighted by Crippen LogP contribution is -2.48. The van der Waals surface area contributed by atoms with Crippen LogP contribution in [0.2, 0.25) is 0 Å². The van der Waals surface area contributed by atoms with E-state index in [4.69, 9.17) is 4.52 Å². The molecule has 2 aliphatic rings. The molecule has 7 heteroatoms. The van der Waals surface area contributed by atoms with E-state index >= 15 is 0 Å². The van der Waals surface area contributed by atoms with Crippen molar-refractivity contribution in [2.24, 2.45) is 0 Å². The van der Waals surface area contributed by atoms with Gasteiger partial charge >= 0.3 is 0 Å². The fourth-order valence-corrected chi connectivity index (χ4v) is 4.35. The van der Waals surface area contributed by atoms with Crippen LogP contribution in [-0.2, 0) is 16.9 Å². The van der Waals surface area contributed by atoms with E-state index in [1.165, 1.54) is 0 Å². The van der Waals surface area contributed by atoms with Crippen molar-refractivity contribution in [3.05, 3.63) is 47.1 Å². The molecule has 1 saturated heterocycles. The van der Waals surface area contributed by atoms with E-state index in [2.05, 4.69) is 15.5 Å². The maximum absolute atomic E-state index is 13.0. The van der Waals surface area contributed by atoms with Crippen LogP contribution < -0.4 is 5.32 Å². The van der Waals surface area contributed by atoms with Crippen molar-refractivity contribution in [3.8, 4) is 0 Å². The van der Waals surface area contributed by atoms with Crippen LogP contribution in [0.3, 0.4) is 0 Å². The molecule has 7 nitrogen and oxygen atoms in total. The number of amides is 2. The first-order chi connectivity index (χ1) is 14.1. The predicted octanol–water partition coefficient (Wildman–Crippen LogP) is 3.48. The van der Waals surface area contributed by atoms with Crippen LogP contribution in [0.5, 0.6) is 0 Å². The van der Waals surface area contributed by atoms with Gasteiger partial charge in [0.1, 0.15) is 5.54 Å². The molecule has 154 valence electrons. The highest BCUT2D eigenvalue weighted by molar-refractivity contribution is 5.94. The van der Waals surface area contributed by atoms with Crippen molar-refractivity contribution < 1.29 is 14.1 Å². The molecule has 4 rings (SSSR count). The molecular weight excluding hydrogens is 368 g/mol. The summed E-state index contributed by atoms with van der Waals surface area (Å²) in [6, 6.07) is 7.53. The van der Waals surface area contributed by atoms with Crippen LogP contribution in [-0.4, -0.2) is 33.4 Å². The van der Waals surface area contributed by atoms with Crippen molar-refractivity contribution in [3.63, 3.8) is 0 Å². The van der Waals surface area contributed by atoms with Gasteiger partial charge in [-0.1, -0.05) is 36.6 Å². The van der Waals surface area contributed by atoms with Crippen LogP contribution >= 0.6 is 0 Å². The number of carbonyl (C=O) groups excluding carboxylic acids is 2. The van der Waals surface area contributed by atoms with Gasteiger partial charge in [-0.05, 0) is 43.4 Å². The highest BCUT2D eigenvalue weighted by Gasteiger charge is 2.39. The lowest BCUT2D eigenvalue weighted by atomic mass is 9.80. The molecule has 0 bridgehead atoms. The topological polar surface area (TPSA) is 88.3 Å². The summed E-state index contributed by atoms with van der Waals surface area (Å²) in [5.74, 6) is 1.17. The second-order valence-corrected chi connectivity index (χ2v) is 8.20. The number of hydrogen-bond donors (Lipinski definition) is 1. The number of likely N-dealkylation sites (tertiary alicyclic amines) is 1. The summed E-state index contributed by atoms with van der Waals surface area (Å²) < 4.78 is 5.18. The van der Waals surface area contributed by atoms with Gasteiger partial charge in [0, 0.05) is 32.0 Å². The summed E-state index contributed by atoms with van der Waals surface area (Å²) in [6.07, 6.45) is 7.50. The molecule has 0 radical (unpaired) electrons. The van der Waals surface area contributed by atoms with Crippen molar-refractivity contribution in [2.75, 3.05) is 6.54 Å². The Labute approximate surface area is 170 Å². The molecule has 2 fully saturated rings. The molecule has 29 heavy (non-hydrogen) atoms. The molecule has 0 atom stereocenters. The maximum atomic E-state index is 13.0. The van der Waals surface area contributed by atoms with Crippen LogP contribution in [0, 0.1) is 6.92 Å². The number of rotatable bonds is 5. The molecule has 1 aliphatic carbocycles. The third-order valence-electron chi connectivity index (χ3n) is 6.03. The molecule has 2 aromatic rings. The fraction of sp³-hybridized carbons (Fsp3) is 0.545. The summed E-state index contributed by atoms with van der Waals surface area (Å²) in [7, 11) is 0. The highest BCUT2D eigenvalue weighted by Crippen LogP contribution is 2.36. The normalized spacial score (nSPS) is 19.2. The molecule has 1 aliphatic heterocycles. The van der Waals surface area contributed by atoms with Gasteiger partial charge in [0.2, 0.25) is 11.8 Å². The minimum absolute atomic E-state index is 0.130. The number of hydrogen-bond acceptors (Lipinski definition) is 5. The molecule has 1 saturated carbocycles. The molecular formula is C22H28N4O3. The number of piperidine rings is 1. The first-order valence-electron chi connectivity index (χ1n) is 10.6. The Balaban J connectivity index is 1.46. The SMILES string of the molecule is Cc1nc(C2(NC(=O)c3ccc(CN4CCCCC4=O)cc3)CCCCC2)no1. The van der Waals surface area contributed by atoms with Crippen LogP contribution in [0.4, 0.5) is 0 Å². The quantitative estimate of drug-likeness (QED) is 0.836. The Hall–Kier alpha value is -2.70. The monoisotopic (exact) mass is 396 g/mol. The summed E-state index contributed by atoms with van der Waals surface area (Å²) in [6.45, 7) is 3.18. The molecule has 2 heterocycles. The summed E-state index contributed by atoms with van der Waals surface area (Å²) >= 11 is 0. The van der Waals surface area contributed by atoms with Gasteiger partial charge in [-0.3, -0.25) is 9.59 Å². The van der Waals surface area contributed by atoms with E-state index in [-0.39, 0.29) is 11.8 Å². The van der Waals surface area contributed by atoms with Crippen molar-refractivity contribution >= 4 is 11.8 Å². The van der Waals surface area contributed by atoms with Gasteiger partial charge < -0.3 is 14.7 Å². The number of aryl methyl sites for hydroxylation is 1. The smallest absolute Gasteiger partial charge is 0.252 e. The summed E-state index contributed by atoms with van der Waals surface area (Å²) in [5.41, 5.74) is 1.08. The van der Waals surface area contributed by atoms with Gasteiger partial charge in [0.05, 0.1) is 0 Å². The summed E-state index contributed by atoms with van der Waals surface area (Å²) in [4.78, 5) is 31.3. The Kier molecular flexibility index (Phi) is 5.65. The Morgan fingerprint density at radius 2 is 1.90 bits per heavy atom. The number of nitrogens with one attached hydrogen (secondary N) is 1.